The van der Waals surface area contributed by atoms with Crippen LogP contribution in [0.1, 0.15) is 37.2 Å². The molecule has 0 amide bonds. The van der Waals surface area contributed by atoms with Crippen LogP contribution >= 0.6 is 0 Å². The van der Waals surface area contributed by atoms with Gasteiger partial charge in [-0.3, -0.25) is 4.68 Å². The van der Waals surface area contributed by atoms with Gasteiger partial charge < -0.3 is 5.32 Å². The molecule has 2 heterocycles. The average molecular weight is 195 g/mol. The van der Waals surface area contributed by atoms with Crippen LogP contribution in [-0.4, -0.2) is 16.3 Å². The highest BCUT2D eigenvalue weighted by atomic mass is 15.3. The van der Waals surface area contributed by atoms with Crippen LogP contribution in [0, 0.1) is 6.92 Å². The van der Waals surface area contributed by atoms with Crippen LogP contribution < -0.4 is 5.32 Å². The highest BCUT2D eigenvalue weighted by Crippen LogP contribution is 2.16. The van der Waals surface area contributed by atoms with Crippen molar-refractivity contribution in [3.8, 4) is 0 Å². The Balaban J connectivity index is 0.000000461. The van der Waals surface area contributed by atoms with E-state index in [9.17, 15) is 0 Å². The summed E-state index contributed by atoms with van der Waals surface area (Å²) in [6.45, 7) is 8.22. The fourth-order valence-corrected chi connectivity index (χ4v) is 1.89. The average Bonchev–Trinajstić information content (AvgIpc) is 2.44. The molecule has 80 valence electrons. The van der Waals surface area contributed by atoms with Crippen LogP contribution in [-0.2, 0) is 20.0 Å². The van der Waals surface area contributed by atoms with Gasteiger partial charge in [0.2, 0.25) is 0 Å². The van der Waals surface area contributed by atoms with E-state index < -0.39 is 0 Å². The maximum atomic E-state index is 4.41. The Morgan fingerprint density at radius 3 is 2.79 bits per heavy atom. The van der Waals surface area contributed by atoms with E-state index in [0.29, 0.717) is 0 Å². The lowest BCUT2D eigenvalue weighted by molar-refractivity contribution is 0.650. The maximum Gasteiger partial charge on any atom is 0.0641 e. The summed E-state index contributed by atoms with van der Waals surface area (Å²) in [5.41, 5.74) is 4.01. The van der Waals surface area contributed by atoms with Crippen LogP contribution in [0.15, 0.2) is 0 Å². The molecule has 3 nitrogen and oxygen atoms in total. The monoisotopic (exact) mass is 195 g/mol. The van der Waals surface area contributed by atoms with Gasteiger partial charge in [0, 0.05) is 24.8 Å². The topological polar surface area (TPSA) is 29.9 Å². The lowest BCUT2D eigenvalue weighted by Gasteiger charge is -1.99. The van der Waals surface area contributed by atoms with Gasteiger partial charge in [-0.2, -0.15) is 5.10 Å². The van der Waals surface area contributed by atoms with Crippen molar-refractivity contribution in [2.75, 3.05) is 6.54 Å². The van der Waals surface area contributed by atoms with Gasteiger partial charge in [0.15, 0.2) is 0 Å². The number of rotatable bonds is 0. The Kier molecular flexibility index (Phi) is 4.14. The molecule has 0 aliphatic carbocycles. The fourth-order valence-electron chi connectivity index (χ4n) is 1.89. The molecular weight excluding hydrogens is 174 g/mol. The molecule has 0 unspecified atom stereocenters. The Morgan fingerprint density at radius 2 is 2.07 bits per heavy atom. The Bertz CT molecular complexity index is 262. The second-order valence-corrected chi connectivity index (χ2v) is 3.41. The van der Waals surface area contributed by atoms with Gasteiger partial charge in [0.05, 0.1) is 5.69 Å². The molecule has 0 fully saturated rings. The fraction of sp³-hybridized carbons (Fsp3) is 0.727. The first-order chi connectivity index (χ1) is 6.79. The standard InChI is InChI=1S/C9H15N3.C2H6/c1-7-8-6-10-5-3-4-9(8)12(2)11-7;1-2/h10H,3-6H2,1-2H3;1-2H3. The summed E-state index contributed by atoms with van der Waals surface area (Å²) in [6.07, 6.45) is 2.39. The van der Waals surface area contributed by atoms with Crippen molar-refractivity contribution < 1.29 is 0 Å². The number of hydrogen-bond acceptors (Lipinski definition) is 2. The number of nitrogens with one attached hydrogen (secondary N) is 1. The highest BCUT2D eigenvalue weighted by Gasteiger charge is 2.14. The molecule has 14 heavy (non-hydrogen) atoms. The normalized spacial score (nSPS) is 15.1. The lowest BCUT2D eigenvalue weighted by Crippen LogP contribution is -2.12. The van der Waals surface area contributed by atoms with E-state index >= 15 is 0 Å². The van der Waals surface area contributed by atoms with E-state index in [2.05, 4.69) is 17.3 Å². The SMILES string of the molecule is CC.Cc1nn(C)c2c1CNCCC2. The molecule has 1 aromatic heterocycles. The Morgan fingerprint density at radius 1 is 1.36 bits per heavy atom. The van der Waals surface area contributed by atoms with Gasteiger partial charge in [0.25, 0.3) is 0 Å². The third-order valence-electron chi connectivity index (χ3n) is 2.54. The van der Waals surface area contributed by atoms with Crippen LogP contribution in [0.3, 0.4) is 0 Å². The molecule has 2 rings (SSSR count). The third-order valence-corrected chi connectivity index (χ3v) is 2.54. The molecule has 0 spiro atoms. The van der Waals surface area contributed by atoms with Crippen LogP contribution in [0.2, 0.25) is 0 Å². The van der Waals surface area contributed by atoms with E-state index in [0.717, 1.165) is 13.1 Å². The summed E-state index contributed by atoms with van der Waals surface area (Å²) in [5, 5.41) is 7.82. The first-order valence-corrected chi connectivity index (χ1v) is 5.51. The summed E-state index contributed by atoms with van der Waals surface area (Å²) in [5.74, 6) is 0. The van der Waals surface area contributed by atoms with E-state index in [1.165, 1.54) is 29.8 Å². The molecule has 3 heteroatoms. The van der Waals surface area contributed by atoms with Crippen LogP contribution in [0.4, 0.5) is 0 Å². The molecule has 0 atom stereocenters. The number of nitrogens with zero attached hydrogens (tertiary/aromatic N) is 2. The molecule has 0 aromatic carbocycles. The molecule has 1 aromatic rings. The van der Waals surface area contributed by atoms with E-state index in [-0.39, 0.29) is 0 Å². The van der Waals surface area contributed by atoms with Crippen LogP contribution in [0.25, 0.3) is 0 Å². The van der Waals surface area contributed by atoms with Crippen molar-refractivity contribution in [3.63, 3.8) is 0 Å². The van der Waals surface area contributed by atoms with Crippen molar-refractivity contribution in [1.29, 1.82) is 0 Å². The minimum atomic E-state index is 0.995. The van der Waals surface area contributed by atoms with Crippen molar-refractivity contribution in [1.82, 2.24) is 15.1 Å². The summed E-state index contributed by atoms with van der Waals surface area (Å²) < 4.78 is 2.03. The minimum Gasteiger partial charge on any atom is -0.313 e. The van der Waals surface area contributed by atoms with Gasteiger partial charge >= 0.3 is 0 Å². The predicted molar refractivity (Wildman–Crippen MR) is 59.3 cm³/mol. The second kappa shape index (κ2) is 5.15. The Labute approximate surface area is 86.5 Å². The largest absolute Gasteiger partial charge is 0.313 e. The third kappa shape index (κ3) is 2.15. The van der Waals surface area contributed by atoms with Gasteiger partial charge in [-0.25, -0.2) is 0 Å². The smallest absolute Gasteiger partial charge is 0.0641 e. The van der Waals surface area contributed by atoms with Gasteiger partial charge in [0.1, 0.15) is 0 Å². The van der Waals surface area contributed by atoms with E-state index in [1.807, 2.05) is 25.6 Å². The number of hydrogen-bond donors (Lipinski definition) is 1. The number of fused-ring (bicyclic) bond motifs is 1. The van der Waals surface area contributed by atoms with E-state index in [4.69, 9.17) is 0 Å². The first-order valence-electron chi connectivity index (χ1n) is 5.51. The molecule has 1 aliphatic heterocycles. The van der Waals surface area contributed by atoms with Gasteiger partial charge in [-0.05, 0) is 26.3 Å². The molecule has 0 saturated heterocycles. The molecular formula is C11H21N3. The zero-order valence-corrected chi connectivity index (χ0v) is 9.72. The van der Waals surface area contributed by atoms with Crippen molar-refractivity contribution in [3.05, 3.63) is 17.0 Å². The predicted octanol–water partition coefficient (Wildman–Crippen LogP) is 1.79. The quantitative estimate of drug-likeness (QED) is 0.684. The highest BCUT2D eigenvalue weighted by molar-refractivity contribution is 5.26. The molecule has 1 N–H and O–H groups in total. The summed E-state index contributed by atoms with van der Waals surface area (Å²) in [6, 6.07) is 0. The van der Waals surface area contributed by atoms with Crippen molar-refractivity contribution in [2.45, 2.75) is 40.2 Å². The number of aromatic nitrogens is 2. The number of aryl methyl sites for hydroxylation is 2. The second-order valence-electron chi connectivity index (χ2n) is 3.41. The van der Waals surface area contributed by atoms with Crippen LogP contribution in [0.5, 0.6) is 0 Å². The summed E-state index contributed by atoms with van der Waals surface area (Å²) >= 11 is 0. The zero-order valence-electron chi connectivity index (χ0n) is 9.72. The Hall–Kier alpha value is -0.830. The minimum absolute atomic E-state index is 0.995. The van der Waals surface area contributed by atoms with Gasteiger partial charge in [-0.1, -0.05) is 13.8 Å². The summed E-state index contributed by atoms with van der Waals surface area (Å²) in [7, 11) is 2.04. The zero-order chi connectivity index (χ0) is 10.6. The lowest BCUT2D eigenvalue weighted by atomic mass is 10.1. The maximum absolute atomic E-state index is 4.41. The van der Waals surface area contributed by atoms with Crippen molar-refractivity contribution in [2.24, 2.45) is 7.05 Å². The van der Waals surface area contributed by atoms with Crippen molar-refractivity contribution >= 4 is 0 Å². The first kappa shape index (κ1) is 11.2. The molecule has 0 bridgehead atoms. The molecule has 1 aliphatic rings. The molecule has 0 radical (unpaired) electrons. The molecule has 0 saturated carbocycles. The van der Waals surface area contributed by atoms with Gasteiger partial charge in [-0.15, -0.1) is 0 Å². The summed E-state index contributed by atoms with van der Waals surface area (Å²) in [4.78, 5) is 0. The van der Waals surface area contributed by atoms with E-state index in [1.54, 1.807) is 0 Å².